The molecule has 1 aromatic heterocycles. The number of hydrogen-bond donors (Lipinski definition) is 1. The molecule has 3 aromatic rings. The molecule has 1 N–H and O–H groups in total. The van der Waals surface area contributed by atoms with Crippen molar-refractivity contribution in [2.75, 3.05) is 25.6 Å². The van der Waals surface area contributed by atoms with Gasteiger partial charge in [0.05, 0.1) is 24.4 Å². The molecule has 0 radical (unpaired) electrons. The summed E-state index contributed by atoms with van der Waals surface area (Å²) in [4.78, 5) is 12.8. The van der Waals surface area contributed by atoms with Crippen LogP contribution in [0.2, 0.25) is 5.15 Å². The van der Waals surface area contributed by atoms with Crippen molar-refractivity contribution in [2.24, 2.45) is 0 Å². The van der Waals surface area contributed by atoms with E-state index in [1.54, 1.807) is 30.8 Å². The molecule has 0 spiro atoms. The van der Waals surface area contributed by atoms with Crippen LogP contribution >= 0.6 is 11.6 Å². The van der Waals surface area contributed by atoms with Crippen LogP contribution in [-0.2, 0) is 11.3 Å². The molecule has 2 aromatic carbocycles. The minimum absolute atomic E-state index is 0.309. The summed E-state index contributed by atoms with van der Waals surface area (Å²) < 4.78 is 12.2. The standard InChI is InChI=1S/C22H24ClN3O3/c1-15-7-9-17(10-8-15)14-26-21(23)20(16(2)25-26)22(27)24-18-5-4-6-19(13-18)29-12-11-28-3/h4-10,13H,11-12,14H2,1-3H3,(H,24,27). The van der Waals surface area contributed by atoms with E-state index in [4.69, 9.17) is 21.1 Å². The van der Waals surface area contributed by atoms with Crippen molar-refractivity contribution >= 4 is 23.2 Å². The van der Waals surface area contributed by atoms with Gasteiger partial charge < -0.3 is 14.8 Å². The summed E-state index contributed by atoms with van der Waals surface area (Å²) in [6.45, 7) is 5.23. The fourth-order valence-corrected chi connectivity index (χ4v) is 3.20. The molecule has 1 heterocycles. The van der Waals surface area contributed by atoms with Crippen LogP contribution in [-0.4, -0.2) is 36.0 Å². The Kier molecular flexibility index (Phi) is 6.90. The molecule has 6 nitrogen and oxygen atoms in total. The first-order valence-electron chi connectivity index (χ1n) is 9.29. The molecule has 0 bridgehead atoms. The van der Waals surface area contributed by atoms with Gasteiger partial charge in [0.2, 0.25) is 0 Å². The predicted molar refractivity (Wildman–Crippen MR) is 114 cm³/mol. The third-order valence-corrected chi connectivity index (χ3v) is 4.78. The van der Waals surface area contributed by atoms with Crippen LogP contribution in [0.3, 0.4) is 0 Å². The maximum absolute atomic E-state index is 12.8. The number of anilines is 1. The van der Waals surface area contributed by atoms with Crippen molar-refractivity contribution < 1.29 is 14.3 Å². The highest BCUT2D eigenvalue weighted by atomic mass is 35.5. The maximum atomic E-state index is 12.8. The zero-order valence-corrected chi connectivity index (χ0v) is 17.5. The summed E-state index contributed by atoms with van der Waals surface area (Å²) in [5.41, 5.74) is 3.81. The van der Waals surface area contributed by atoms with Gasteiger partial charge in [0.15, 0.2) is 0 Å². The van der Waals surface area contributed by atoms with E-state index in [0.29, 0.717) is 47.6 Å². The van der Waals surface area contributed by atoms with Crippen LogP contribution in [0.25, 0.3) is 0 Å². The number of aromatic nitrogens is 2. The highest BCUT2D eigenvalue weighted by Gasteiger charge is 2.20. The quantitative estimate of drug-likeness (QED) is 0.553. The SMILES string of the molecule is COCCOc1cccc(NC(=O)c2c(C)nn(Cc3ccc(C)cc3)c2Cl)c1. The summed E-state index contributed by atoms with van der Waals surface area (Å²) in [5.74, 6) is 0.342. The van der Waals surface area contributed by atoms with E-state index in [9.17, 15) is 4.79 Å². The monoisotopic (exact) mass is 413 g/mol. The van der Waals surface area contributed by atoms with Crippen LogP contribution in [0, 0.1) is 13.8 Å². The highest BCUT2D eigenvalue weighted by Crippen LogP contribution is 2.24. The number of ether oxygens (including phenoxy) is 2. The van der Waals surface area contributed by atoms with Crippen LogP contribution in [0.1, 0.15) is 27.2 Å². The average molecular weight is 414 g/mol. The number of nitrogens with one attached hydrogen (secondary N) is 1. The number of carbonyl (C=O) groups is 1. The zero-order valence-electron chi connectivity index (χ0n) is 16.7. The van der Waals surface area contributed by atoms with Gasteiger partial charge in [-0.25, -0.2) is 4.68 Å². The summed E-state index contributed by atoms with van der Waals surface area (Å²) in [6, 6.07) is 15.3. The summed E-state index contributed by atoms with van der Waals surface area (Å²) in [6.07, 6.45) is 0. The van der Waals surface area contributed by atoms with Crippen molar-refractivity contribution in [3.63, 3.8) is 0 Å². The molecule has 152 valence electrons. The van der Waals surface area contributed by atoms with E-state index < -0.39 is 0 Å². The predicted octanol–water partition coefficient (Wildman–Crippen LogP) is 4.48. The Balaban J connectivity index is 1.73. The lowest BCUT2D eigenvalue weighted by molar-refractivity contribution is 0.102. The van der Waals surface area contributed by atoms with Gasteiger partial charge in [-0.2, -0.15) is 5.10 Å². The lowest BCUT2D eigenvalue weighted by Crippen LogP contribution is -2.13. The molecular formula is C22H24ClN3O3. The van der Waals surface area contributed by atoms with Crippen molar-refractivity contribution in [1.82, 2.24) is 9.78 Å². The van der Waals surface area contributed by atoms with Gasteiger partial charge in [-0.3, -0.25) is 4.79 Å². The molecule has 3 rings (SSSR count). The number of aryl methyl sites for hydroxylation is 2. The number of benzene rings is 2. The topological polar surface area (TPSA) is 65.4 Å². The molecule has 1 amide bonds. The number of nitrogens with zero attached hydrogens (tertiary/aromatic N) is 2. The van der Waals surface area contributed by atoms with E-state index in [1.165, 1.54) is 5.56 Å². The first-order chi connectivity index (χ1) is 14.0. The Bertz CT molecular complexity index is 983. The lowest BCUT2D eigenvalue weighted by atomic mass is 10.1. The molecule has 0 fully saturated rings. The summed E-state index contributed by atoms with van der Waals surface area (Å²) >= 11 is 6.49. The lowest BCUT2D eigenvalue weighted by Gasteiger charge is -2.09. The molecule has 29 heavy (non-hydrogen) atoms. The molecule has 0 unspecified atom stereocenters. The van der Waals surface area contributed by atoms with Gasteiger partial charge in [0.25, 0.3) is 5.91 Å². The van der Waals surface area contributed by atoms with Crippen LogP contribution < -0.4 is 10.1 Å². The fourth-order valence-electron chi connectivity index (χ4n) is 2.88. The van der Waals surface area contributed by atoms with Gasteiger partial charge in [-0.1, -0.05) is 47.5 Å². The smallest absolute Gasteiger partial charge is 0.260 e. The van der Waals surface area contributed by atoms with E-state index in [1.807, 2.05) is 43.3 Å². The first kappa shape index (κ1) is 20.9. The third kappa shape index (κ3) is 5.37. The number of methoxy groups -OCH3 is 1. The number of rotatable bonds is 8. The maximum Gasteiger partial charge on any atom is 0.260 e. The van der Waals surface area contributed by atoms with E-state index in [-0.39, 0.29) is 5.91 Å². The molecule has 0 atom stereocenters. The number of hydrogen-bond acceptors (Lipinski definition) is 4. The fraction of sp³-hybridized carbons (Fsp3) is 0.273. The van der Waals surface area contributed by atoms with Crippen molar-refractivity contribution in [3.05, 3.63) is 76.1 Å². The molecule has 0 aliphatic carbocycles. The Morgan fingerprint density at radius 2 is 1.90 bits per heavy atom. The van der Waals surface area contributed by atoms with Gasteiger partial charge in [-0.15, -0.1) is 0 Å². The summed E-state index contributed by atoms with van der Waals surface area (Å²) in [7, 11) is 1.62. The molecule has 0 saturated carbocycles. The third-order valence-electron chi connectivity index (χ3n) is 4.39. The number of amides is 1. The van der Waals surface area contributed by atoms with Gasteiger partial charge in [-0.05, 0) is 31.5 Å². The van der Waals surface area contributed by atoms with E-state index >= 15 is 0 Å². The van der Waals surface area contributed by atoms with Gasteiger partial charge in [0, 0.05) is 18.9 Å². The second kappa shape index (κ2) is 9.58. The Labute approximate surface area is 175 Å². The minimum atomic E-state index is -0.309. The Hall–Kier alpha value is -2.83. The Morgan fingerprint density at radius 3 is 2.62 bits per heavy atom. The molecule has 0 aliphatic heterocycles. The van der Waals surface area contributed by atoms with E-state index in [2.05, 4.69) is 10.4 Å². The average Bonchev–Trinajstić information content (AvgIpc) is 2.97. The van der Waals surface area contributed by atoms with E-state index in [0.717, 1.165) is 5.56 Å². The van der Waals surface area contributed by atoms with Crippen molar-refractivity contribution in [3.8, 4) is 5.75 Å². The highest BCUT2D eigenvalue weighted by molar-refractivity contribution is 6.33. The summed E-state index contributed by atoms with van der Waals surface area (Å²) in [5, 5.41) is 7.62. The van der Waals surface area contributed by atoms with Crippen LogP contribution in [0.4, 0.5) is 5.69 Å². The first-order valence-corrected chi connectivity index (χ1v) is 9.67. The normalized spacial score (nSPS) is 10.8. The second-order valence-corrected chi connectivity index (χ2v) is 7.08. The minimum Gasteiger partial charge on any atom is -0.491 e. The Morgan fingerprint density at radius 1 is 1.14 bits per heavy atom. The zero-order chi connectivity index (χ0) is 20.8. The van der Waals surface area contributed by atoms with Crippen molar-refractivity contribution in [2.45, 2.75) is 20.4 Å². The van der Waals surface area contributed by atoms with Crippen LogP contribution in [0.5, 0.6) is 5.75 Å². The van der Waals surface area contributed by atoms with Gasteiger partial charge in [0.1, 0.15) is 17.5 Å². The molecule has 0 aliphatic rings. The van der Waals surface area contributed by atoms with Crippen LogP contribution in [0.15, 0.2) is 48.5 Å². The van der Waals surface area contributed by atoms with Gasteiger partial charge >= 0.3 is 0 Å². The number of carbonyl (C=O) groups excluding carboxylic acids is 1. The van der Waals surface area contributed by atoms with Crippen molar-refractivity contribution in [1.29, 1.82) is 0 Å². The molecular weight excluding hydrogens is 390 g/mol. The molecule has 7 heteroatoms. The molecule has 0 saturated heterocycles. The second-order valence-electron chi connectivity index (χ2n) is 6.72. The largest absolute Gasteiger partial charge is 0.491 e. The number of halogens is 1.